The highest BCUT2D eigenvalue weighted by molar-refractivity contribution is 7.93. The lowest BCUT2D eigenvalue weighted by molar-refractivity contribution is -0.136. The van der Waals surface area contributed by atoms with Crippen LogP contribution in [0.1, 0.15) is 30.0 Å². The first-order valence-corrected chi connectivity index (χ1v) is 10.4. The van der Waals surface area contributed by atoms with E-state index in [4.69, 9.17) is 5.73 Å². The van der Waals surface area contributed by atoms with Gasteiger partial charge >= 0.3 is 0 Å². The molecule has 2 aromatic rings. The SMILES string of the molecule is Cc1nnc(NS(=O)(=O)c2ccc3c(c2)CN(C(=O)C(C)(C)N)CC3)s1. The highest BCUT2D eigenvalue weighted by atomic mass is 32.2. The lowest BCUT2D eigenvalue weighted by Gasteiger charge is -2.33. The second kappa shape index (κ2) is 6.60. The fourth-order valence-corrected chi connectivity index (χ4v) is 4.67. The van der Waals surface area contributed by atoms with Gasteiger partial charge in [-0.25, -0.2) is 8.42 Å². The first kappa shape index (κ1) is 18.7. The number of hydrogen-bond donors (Lipinski definition) is 2. The first-order valence-electron chi connectivity index (χ1n) is 8.09. The van der Waals surface area contributed by atoms with Crippen molar-refractivity contribution >= 4 is 32.4 Å². The van der Waals surface area contributed by atoms with Crippen molar-refractivity contribution in [3.63, 3.8) is 0 Å². The van der Waals surface area contributed by atoms with E-state index in [2.05, 4.69) is 14.9 Å². The number of fused-ring (bicyclic) bond motifs is 1. The molecule has 0 fully saturated rings. The topological polar surface area (TPSA) is 118 Å². The Morgan fingerprint density at radius 2 is 2.04 bits per heavy atom. The summed E-state index contributed by atoms with van der Waals surface area (Å²) in [5.74, 6) is -0.154. The summed E-state index contributed by atoms with van der Waals surface area (Å²) < 4.78 is 27.6. The van der Waals surface area contributed by atoms with Gasteiger partial charge in [0.15, 0.2) is 0 Å². The number of nitrogens with two attached hydrogens (primary N) is 1. The number of sulfonamides is 1. The summed E-state index contributed by atoms with van der Waals surface area (Å²) in [6.07, 6.45) is 0.667. The summed E-state index contributed by atoms with van der Waals surface area (Å²) in [7, 11) is -3.77. The van der Waals surface area contributed by atoms with Gasteiger partial charge in [0.2, 0.25) is 11.0 Å². The Bertz CT molecular complexity index is 947. The molecule has 0 atom stereocenters. The Hall–Kier alpha value is -2.04. The first-order chi connectivity index (χ1) is 12.1. The Labute approximate surface area is 156 Å². The summed E-state index contributed by atoms with van der Waals surface area (Å²) in [6, 6.07) is 4.97. The van der Waals surface area contributed by atoms with Gasteiger partial charge in [-0.1, -0.05) is 17.4 Å². The number of amides is 1. The molecule has 1 aromatic heterocycles. The molecule has 0 bridgehead atoms. The van der Waals surface area contributed by atoms with Crippen LogP contribution in [0.4, 0.5) is 5.13 Å². The molecule has 1 amide bonds. The summed E-state index contributed by atoms with van der Waals surface area (Å²) in [6.45, 7) is 6.00. The maximum Gasteiger partial charge on any atom is 0.263 e. The van der Waals surface area contributed by atoms with Crippen molar-refractivity contribution in [2.24, 2.45) is 5.73 Å². The zero-order valence-electron chi connectivity index (χ0n) is 14.8. The molecule has 8 nitrogen and oxygen atoms in total. The molecule has 3 rings (SSSR count). The van der Waals surface area contributed by atoms with Gasteiger partial charge in [0.25, 0.3) is 10.0 Å². The van der Waals surface area contributed by atoms with Crippen LogP contribution in [-0.2, 0) is 27.8 Å². The molecule has 1 aromatic carbocycles. The zero-order chi connectivity index (χ0) is 19.1. The van der Waals surface area contributed by atoms with Crippen LogP contribution in [0.3, 0.4) is 0 Å². The standard InChI is InChI=1S/C16H21N5O3S2/c1-10-18-19-15(25-10)20-26(23,24)13-5-4-11-6-7-21(9-12(11)8-13)14(22)16(2,3)17/h4-5,8H,6-7,9,17H2,1-3H3,(H,19,20). The molecule has 0 saturated carbocycles. The Balaban J connectivity index is 1.85. The van der Waals surface area contributed by atoms with Crippen LogP contribution in [0.5, 0.6) is 0 Å². The van der Waals surface area contributed by atoms with Gasteiger partial charge in [-0.05, 0) is 50.5 Å². The van der Waals surface area contributed by atoms with Crippen molar-refractivity contribution in [2.75, 3.05) is 11.3 Å². The number of aromatic nitrogens is 2. The minimum absolute atomic E-state index is 0.130. The Kier molecular flexibility index (Phi) is 4.76. The molecule has 10 heteroatoms. The van der Waals surface area contributed by atoms with Gasteiger partial charge in [-0.3, -0.25) is 9.52 Å². The van der Waals surface area contributed by atoms with E-state index in [0.717, 1.165) is 11.1 Å². The van der Waals surface area contributed by atoms with Crippen LogP contribution in [0, 0.1) is 6.92 Å². The quantitative estimate of drug-likeness (QED) is 0.805. The molecule has 0 aliphatic carbocycles. The molecule has 0 radical (unpaired) electrons. The average Bonchev–Trinajstić information content (AvgIpc) is 2.96. The predicted octanol–water partition coefficient (Wildman–Crippen LogP) is 1.27. The number of rotatable bonds is 4. The minimum Gasteiger partial charge on any atom is -0.336 e. The molecule has 26 heavy (non-hydrogen) atoms. The zero-order valence-corrected chi connectivity index (χ0v) is 16.4. The number of benzene rings is 1. The number of nitrogens with one attached hydrogen (secondary N) is 1. The van der Waals surface area contributed by atoms with E-state index in [1.165, 1.54) is 11.3 Å². The van der Waals surface area contributed by atoms with Crippen LogP contribution < -0.4 is 10.5 Å². The number of carbonyl (C=O) groups is 1. The van der Waals surface area contributed by atoms with E-state index < -0.39 is 15.6 Å². The van der Waals surface area contributed by atoms with Crippen molar-refractivity contribution in [2.45, 2.75) is 44.2 Å². The molecule has 1 aliphatic rings. The van der Waals surface area contributed by atoms with Gasteiger partial charge in [0, 0.05) is 13.1 Å². The van der Waals surface area contributed by atoms with Crippen LogP contribution in [0.25, 0.3) is 0 Å². The number of carbonyl (C=O) groups excluding carboxylic acids is 1. The number of anilines is 1. The normalized spacial score (nSPS) is 14.8. The second-order valence-electron chi connectivity index (χ2n) is 6.86. The molecule has 3 N–H and O–H groups in total. The van der Waals surface area contributed by atoms with Crippen molar-refractivity contribution < 1.29 is 13.2 Å². The average molecular weight is 396 g/mol. The highest BCUT2D eigenvalue weighted by Crippen LogP contribution is 2.25. The van der Waals surface area contributed by atoms with E-state index in [1.54, 1.807) is 43.9 Å². The van der Waals surface area contributed by atoms with Gasteiger partial charge in [-0.15, -0.1) is 10.2 Å². The van der Waals surface area contributed by atoms with Gasteiger partial charge in [-0.2, -0.15) is 0 Å². The molecule has 0 unspecified atom stereocenters. The minimum atomic E-state index is -3.77. The third-order valence-electron chi connectivity index (χ3n) is 4.09. The lowest BCUT2D eigenvalue weighted by atomic mass is 9.97. The fraction of sp³-hybridized carbons (Fsp3) is 0.438. The molecule has 2 heterocycles. The van der Waals surface area contributed by atoms with E-state index in [1.807, 2.05) is 0 Å². The smallest absolute Gasteiger partial charge is 0.263 e. The lowest BCUT2D eigenvalue weighted by Crippen LogP contribution is -2.52. The van der Waals surface area contributed by atoms with Crippen LogP contribution in [-0.4, -0.2) is 41.5 Å². The Morgan fingerprint density at radius 1 is 1.31 bits per heavy atom. The predicted molar refractivity (Wildman–Crippen MR) is 99.3 cm³/mol. The number of hydrogen-bond acceptors (Lipinski definition) is 7. The third-order valence-corrected chi connectivity index (χ3v) is 6.31. The highest BCUT2D eigenvalue weighted by Gasteiger charge is 2.30. The second-order valence-corrected chi connectivity index (χ2v) is 9.72. The van der Waals surface area contributed by atoms with Crippen LogP contribution in [0.15, 0.2) is 23.1 Å². The monoisotopic (exact) mass is 395 g/mol. The van der Waals surface area contributed by atoms with E-state index >= 15 is 0 Å². The van der Waals surface area contributed by atoms with E-state index in [9.17, 15) is 13.2 Å². The van der Waals surface area contributed by atoms with E-state index in [0.29, 0.717) is 24.5 Å². The number of nitrogens with zero attached hydrogens (tertiary/aromatic N) is 3. The molecule has 0 saturated heterocycles. The molecule has 1 aliphatic heterocycles. The van der Waals surface area contributed by atoms with Gasteiger partial charge < -0.3 is 10.6 Å². The van der Waals surface area contributed by atoms with Crippen molar-refractivity contribution in [1.29, 1.82) is 0 Å². The van der Waals surface area contributed by atoms with Crippen molar-refractivity contribution in [1.82, 2.24) is 15.1 Å². The molecule has 140 valence electrons. The summed E-state index contributed by atoms with van der Waals surface area (Å²) in [5, 5.41) is 8.49. The van der Waals surface area contributed by atoms with Gasteiger partial charge in [0.05, 0.1) is 10.4 Å². The molecular weight excluding hydrogens is 374 g/mol. The van der Waals surface area contributed by atoms with Crippen molar-refractivity contribution in [3.8, 4) is 0 Å². The largest absolute Gasteiger partial charge is 0.336 e. The third kappa shape index (κ3) is 3.87. The molecular formula is C16H21N5O3S2. The maximum absolute atomic E-state index is 12.6. The molecule has 0 spiro atoms. The fourth-order valence-electron chi connectivity index (χ4n) is 2.79. The van der Waals surface area contributed by atoms with Crippen LogP contribution >= 0.6 is 11.3 Å². The summed E-state index contributed by atoms with van der Waals surface area (Å²) in [4.78, 5) is 14.2. The Morgan fingerprint density at radius 3 is 2.65 bits per heavy atom. The van der Waals surface area contributed by atoms with Crippen molar-refractivity contribution in [3.05, 3.63) is 34.3 Å². The maximum atomic E-state index is 12.6. The summed E-state index contributed by atoms with van der Waals surface area (Å²) in [5.41, 5.74) is 6.80. The summed E-state index contributed by atoms with van der Waals surface area (Å²) >= 11 is 1.17. The van der Waals surface area contributed by atoms with Gasteiger partial charge in [0.1, 0.15) is 5.01 Å². The van der Waals surface area contributed by atoms with Crippen LogP contribution in [0.2, 0.25) is 0 Å². The number of aryl methyl sites for hydroxylation is 1. The van der Waals surface area contributed by atoms with E-state index in [-0.39, 0.29) is 15.9 Å².